The number of β-lactam (4-membered cyclic amide) rings is 1. The maximum atomic E-state index is 11.9. The van der Waals surface area contributed by atoms with Crippen molar-refractivity contribution in [3.05, 3.63) is 11.5 Å². The number of nitrogens with zero attached hydrogens (tertiary/aromatic N) is 1. The van der Waals surface area contributed by atoms with E-state index in [1.54, 1.807) is 0 Å². The summed E-state index contributed by atoms with van der Waals surface area (Å²) in [6.07, 6.45) is 0. The lowest BCUT2D eigenvalue weighted by Gasteiger charge is -2.48. The Morgan fingerprint density at radius 3 is 2.72 bits per heavy atom. The van der Waals surface area contributed by atoms with Gasteiger partial charge in [0.25, 0.3) is 5.91 Å². The fourth-order valence-electron chi connectivity index (χ4n) is 1.97. The van der Waals surface area contributed by atoms with Crippen LogP contribution in [0, 0.1) is 0 Å². The zero-order chi connectivity index (χ0) is 13.4. The quantitative estimate of drug-likeness (QED) is 0.663. The number of methoxy groups -OCH3 is 1. The Morgan fingerprint density at radius 2 is 2.22 bits per heavy atom. The summed E-state index contributed by atoms with van der Waals surface area (Å²) in [5.41, 5.74) is -0.132. The van der Waals surface area contributed by atoms with Crippen molar-refractivity contribution in [2.75, 3.05) is 12.9 Å². The van der Waals surface area contributed by atoms with Crippen molar-refractivity contribution in [2.24, 2.45) is 0 Å². The first kappa shape index (κ1) is 12.7. The molecular formula is C10H12N2O5S. The monoisotopic (exact) mass is 272 g/mol. The summed E-state index contributed by atoms with van der Waals surface area (Å²) >= 11 is 1.36. The van der Waals surface area contributed by atoms with Gasteiger partial charge in [0.2, 0.25) is 5.91 Å². The van der Waals surface area contributed by atoms with Gasteiger partial charge in [-0.15, -0.1) is 11.8 Å². The fraction of sp³-hybridized carbons (Fsp3) is 0.500. The van der Waals surface area contributed by atoms with Crippen molar-refractivity contribution in [3.8, 4) is 0 Å². The minimum atomic E-state index is -1.20. The standard InChI is InChI=1S/C10H12N2O5S/c1-4(13)11-6-8(14)12-7(10(15)16)5(17-2)3-18-9(6)12/h6,9H,3H2,1-2H3,(H,11,13)(H,15,16)/t6?,9-/m0/s1. The molecule has 2 aliphatic heterocycles. The van der Waals surface area contributed by atoms with Gasteiger partial charge in [0.15, 0.2) is 5.70 Å². The van der Waals surface area contributed by atoms with E-state index < -0.39 is 17.9 Å². The fourth-order valence-corrected chi connectivity index (χ4v) is 3.28. The maximum absolute atomic E-state index is 11.9. The highest BCUT2D eigenvalue weighted by atomic mass is 32.2. The summed E-state index contributed by atoms with van der Waals surface area (Å²) in [5, 5.41) is 11.3. The number of thioether (sulfide) groups is 1. The van der Waals surface area contributed by atoms with Gasteiger partial charge in [0.1, 0.15) is 17.2 Å². The number of aliphatic carboxylic acids is 1. The Morgan fingerprint density at radius 1 is 1.56 bits per heavy atom. The first-order valence-corrected chi connectivity index (χ1v) is 6.24. The van der Waals surface area contributed by atoms with E-state index in [0.29, 0.717) is 5.75 Å². The van der Waals surface area contributed by atoms with Gasteiger partial charge in [-0.3, -0.25) is 14.5 Å². The van der Waals surface area contributed by atoms with E-state index in [2.05, 4.69) is 5.32 Å². The van der Waals surface area contributed by atoms with E-state index in [1.807, 2.05) is 0 Å². The Kier molecular flexibility index (Phi) is 3.20. The van der Waals surface area contributed by atoms with Crippen LogP contribution < -0.4 is 5.32 Å². The molecule has 0 bridgehead atoms. The summed E-state index contributed by atoms with van der Waals surface area (Å²) in [6.45, 7) is 1.32. The van der Waals surface area contributed by atoms with Crippen LogP contribution in [0.15, 0.2) is 11.5 Å². The molecule has 98 valence electrons. The molecule has 18 heavy (non-hydrogen) atoms. The van der Waals surface area contributed by atoms with Crippen LogP contribution >= 0.6 is 11.8 Å². The first-order chi connectivity index (χ1) is 8.47. The van der Waals surface area contributed by atoms with E-state index in [1.165, 1.54) is 25.8 Å². The van der Waals surface area contributed by atoms with Crippen LogP contribution in [0.1, 0.15) is 6.92 Å². The molecule has 2 aliphatic rings. The van der Waals surface area contributed by atoms with Gasteiger partial charge < -0.3 is 15.2 Å². The second kappa shape index (κ2) is 4.52. The van der Waals surface area contributed by atoms with Crippen molar-refractivity contribution < 1.29 is 24.2 Å². The first-order valence-electron chi connectivity index (χ1n) is 5.19. The van der Waals surface area contributed by atoms with Crippen molar-refractivity contribution in [1.29, 1.82) is 0 Å². The number of ether oxygens (including phenoxy) is 1. The zero-order valence-electron chi connectivity index (χ0n) is 9.80. The summed E-state index contributed by atoms with van der Waals surface area (Å²) in [7, 11) is 1.37. The SMILES string of the molecule is COC1=C(C(=O)O)N2C(=O)C(NC(C)=O)[C@@H]2SC1. The number of fused-ring (bicyclic) bond motifs is 1. The smallest absolute Gasteiger partial charge is 0.356 e. The lowest BCUT2D eigenvalue weighted by atomic mass is 10.0. The number of rotatable bonds is 3. The molecule has 2 heterocycles. The summed E-state index contributed by atoms with van der Waals surface area (Å²) in [6, 6.07) is -0.653. The largest absolute Gasteiger partial charge is 0.498 e. The van der Waals surface area contributed by atoms with Crippen LogP contribution in [-0.4, -0.2) is 52.1 Å². The summed E-state index contributed by atoms with van der Waals surface area (Å²) in [5.74, 6) is -1.31. The molecule has 2 amide bonds. The number of carbonyl (C=O) groups excluding carboxylic acids is 2. The Hall–Kier alpha value is -1.70. The van der Waals surface area contributed by atoms with Crippen molar-refractivity contribution in [1.82, 2.24) is 10.2 Å². The molecule has 7 nitrogen and oxygen atoms in total. The number of nitrogens with one attached hydrogen (secondary N) is 1. The molecule has 8 heteroatoms. The molecule has 0 aromatic carbocycles. The predicted octanol–water partition coefficient (Wildman–Crippen LogP) is -0.651. The topological polar surface area (TPSA) is 95.9 Å². The minimum Gasteiger partial charge on any atom is -0.498 e. The van der Waals surface area contributed by atoms with Crippen LogP contribution in [0.25, 0.3) is 0 Å². The molecule has 2 atom stereocenters. The molecule has 1 fully saturated rings. The van der Waals surface area contributed by atoms with Gasteiger partial charge in [0.05, 0.1) is 12.9 Å². The second-order valence-electron chi connectivity index (χ2n) is 3.87. The van der Waals surface area contributed by atoms with E-state index in [9.17, 15) is 14.4 Å². The highest BCUT2D eigenvalue weighted by Crippen LogP contribution is 2.40. The van der Waals surface area contributed by atoms with Gasteiger partial charge >= 0.3 is 5.97 Å². The van der Waals surface area contributed by atoms with Crippen LogP contribution in [-0.2, 0) is 19.1 Å². The highest BCUT2D eigenvalue weighted by Gasteiger charge is 2.54. The molecule has 1 unspecified atom stereocenters. The van der Waals surface area contributed by atoms with Gasteiger partial charge in [-0.25, -0.2) is 4.79 Å². The van der Waals surface area contributed by atoms with Gasteiger partial charge in [-0.2, -0.15) is 0 Å². The molecule has 0 saturated carbocycles. The molecule has 1 saturated heterocycles. The molecule has 0 aliphatic carbocycles. The van der Waals surface area contributed by atoms with E-state index >= 15 is 0 Å². The van der Waals surface area contributed by atoms with Crippen LogP contribution in [0.3, 0.4) is 0 Å². The number of hydrogen-bond donors (Lipinski definition) is 2. The molecule has 0 aromatic heterocycles. The third-order valence-corrected chi connectivity index (χ3v) is 3.99. The molecule has 0 radical (unpaired) electrons. The average molecular weight is 272 g/mol. The maximum Gasteiger partial charge on any atom is 0.356 e. The van der Waals surface area contributed by atoms with Gasteiger partial charge in [0, 0.05) is 6.92 Å². The Balaban J connectivity index is 2.26. The van der Waals surface area contributed by atoms with Crippen LogP contribution in [0.2, 0.25) is 0 Å². The van der Waals surface area contributed by atoms with Crippen LogP contribution in [0.4, 0.5) is 0 Å². The summed E-state index contributed by atoms with van der Waals surface area (Å²) in [4.78, 5) is 35.1. The van der Waals surface area contributed by atoms with Crippen molar-refractivity contribution in [2.45, 2.75) is 18.3 Å². The lowest BCUT2D eigenvalue weighted by Crippen LogP contribution is -2.70. The molecule has 2 rings (SSSR count). The van der Waals surface area contributed by atoms with E-state index in [0.717, 1.165) is 4.90 Å². The number of carboxylic acid groups (broad SMARTS) is 1. The third-order valence-electron chi connectivity index (χ3n) is 2.74. The van der Waals surface area contributed by atoms with Crippen LogP contribution in [0.5, 0.6) is 0 Å². The number of carboxylic acids is 1. The van der Waals surface area contributed by atoms with Gasteiger partial charge in [-0.05, 0) is 0 Å². The van der Waals surface area contributed by atoms with E-state index in [4.69, 9.17) is 9.84 Å². The molecule has 0 spiro atoms. The predicted molar refractivity (Wildman–Crippen MR) is 62.4 cm³/mol. The normalized spacial score (nSPS) is 26.3. The van der Waals surface area contributed by atoms with Gasteiger partial charge in [-0.1, -0.05) is 0 Å². The number of hydrogen-bond acceptors (Lipinski definition) is 5. The third kappa shape index (κ3) is 1.82. The second-order valence-corrected chi connectivity index (χ2v) is 4.97. The van der Waals surface area contributed by atoms with Crippen molar-refractivity contribution in [3.63, 3.8) is 0 Å². The zero-order valence-corrected chi connectivity index (χ0v) is 10.6. The van der Waals surface area contributed by atoms with Crippen molar-refractivity contribution >= 4 is 29.5 Å². The highest BCUT2D eigenvalue weighted by molar-refractivity contribution is 8.00. The molecule has 0 aromatic rings. The Bertz CT molecular complexity index is 461. The summed E-state index contributed by atoms with van der Waals surface area (Å²) < 4.78 is 4.98. The molecular weight excluding hydrogens is 260 g/mol. The average Bonchev–Trinajstić information content (AvgIpc) is 2.33. The lowest BCUT2D eigenvalue weighted by molar-refractivity contribution is -0.151. The van der Waals surface area contributed by atoms with E-state index in [-0.39, 0.29) is 22.7 Å². The minimum absolute atomic E-state index is 0.132. The number of amides is 2. The number of carbonyl (C=O) groups is 3. The molecule has 2 N–H and O–H groups in total. The Labute approximate surface area is 107 Å².